The molecular weight excluding hydrogens is 496 g/mol. The van der Waals surface area contributed by atoms with Crippen LogP contribution in [0.3, 0.4) is 0 Å². The number of nitrogens with one attached hydrogen (secondary N) is 1. The summed E-state index contributed by atoms with van der Waals surface area (Å²) in [6.45, 7) is 3.97. The summed E-state index contributed by atoms with van der Waals surface area (Å²) in [5.41, 5.74) is 5.98. The van der Waals surface area contributed by atoms with Crippen molar-refractivity contribution < 1.29 is 28.8 Å². The maximum Gasteiger partial charge on any atom is 0.221 e. The summed E-state index contributed by atoms with van der Waals surface area (Å²) >= 11 is 0. The molecule has 8 nitrogen and oxygen atoms in total. The Hall–Kier alpha value is -3.43. The van der Waals surface area contributed by atoms with Gasteiger partial charge in [-0.05, 0) is 52.9 Å². The van der Waals surface area contributed by atoms with E-state index in [1.807, 2.05) is 48.5 Å². The minimum absolute atomic E-state index is 0.00317. The Bertz CT molecular complexity index is 1290. The quantitative estimate of drug-likeness (QED) is 0.433. The monoisotopic (exact) mass is 532 g/mol. The van der Waals surface area contributed by atoms with Crippen molar-refractivity contribution in [3.63, 3.8) is 0 Å². The molecule has 0 bridgehead atoms. The molecular formula is C31H36N2O6. The second-order valence-electron chi connectivity index (χ2n) is 10.1. The van der Waals surface area contributed by atoms with Gasteiger partial charge in [0.2, 0.25) is 5.91 Å². The zero-order chi connectivity index (χ0) is 27.4. The molecule has 3 atom stereocenters. The molecule has 2 aliphatic heterocycles. The average molecular weight is 533 g/mol. The molecule has 0 aromatic heterocycles. The van der Waals surface area contributed by atoms with Gasteiger partial charge < -0.3 is 29.4 Å². The van der Waals surface area contributed by atoms with E-state index in [0.717, 1.165) is 54.2 Å². The Morgan fingerprint density at radius 2 is 1.74 bits per heavy atom. The van der Waals surface area contributed by atoms with E-state index < -0.39 is 6.29 Å². The van der Waals surface area contributed by atoms with E-state index in [1.54, 1.807) is 14.2 Å². The van der Waals surface area contributed by atoms with Crippen molar-refractivity contribution >= 4 is 11.6 Å². The third-order valence-corrected chi connectivity index (χ3v) is 7.35. The van der Waals surface area contributed by atoms with Crippen molar-refractivity contribution in [1.82, 2.24) is 4.90 Å². The summed E-state index contributed by atoms with van der Waals surface area (Å²) in [4.78, 5) is 14.0. The predicted molar refractivity (Wildman–Crippen MR) is 148 cm³/mol. The molecule has 0 unspecified atom stereocenters. The predicted octanol–water partition coefficient (Wildman–Crippen LogP) is 4.76. The first kappa shape index (κ1) is 27.1. The first-order chi connectivity index (χ1) is 18.9. The third kappa shape index (κ3) is 6.42. The van der Waals surface area contributed by atoms with Gasteiger partial charge in [0.05, 0.1) is 33.0 Å². The Balaban J connectivity index is 1.36. The molecule has 206 valence electrons. The van der Waals surface area contributed by atoms with Crippen molar-refractivity contribution in [2.24, 2.45) is 0 Å². The number of anilines is 1. The minimum atomic E-state index is -0.582. The summed E-state index contributed by atoms with van der Waals surface area (Å²) in [5, 5.41) is 12.3. The maximum absolute atomic E-state index is 11.6. The summed E-state index contributed by atoms with van der Waals surface area (Å²) in [6, 6.07) is 19.7. The lowest BCUT2D eigenvalue weighted by Crippen LogP contribution is -2.41. The molecule has 0 radical (unpaired) electrons. The first-order valence-corrected chi connectivity index (χ1v) is 13.3. The Morgan fingerprint density at radius 3 is 2.44 bits per heavy atom. The van der Waals surface area contributed by atoms with Gasteiger partial charge in [0, 0.05) is 44.2 Å². The lowest BCUT2D eigenvalue weighted by atomic mass is 9.97. The van der Waals surface area contributed by atoms with Crippen molar-refractivity contribution in [3.8, 4) is 11.5 Å². The number of benzene rings is 3. The second kappa shape index (κ2) is 12.2. The van der Waals surface area contributed by atoms with E-state index in [4.69, 9.17) is 18.9 Å². The van der Waals surface area contributed by atoms with Crippen molar-refractivity contribution in [1.29, 1.82) is 0 Å². The van der Waals surface area contributed by atoms with E-state index >= 15 is 0 Å². The number of ether oxygens (including phenoxy) is 4. The number of aliphatic hydroxyl groups excluding tert-OH is 1. The van der Waals surface area contributed by atoms with Gasteiger partial charge in [-0.3, -0.25) is 9.69 Å². The van der Waals surface area contributed by atoms with E-state index in [9.17, 15) is 9.90 Å². The molecule has 3 aromatic rings. The molecule has 1 amide bonds. The number of fused-ring (bicyclic) bond motifs is 1. The lowest BCUT2D eigenvalue weighted by molar-refractivity contribution is -0.253. The first-order valence-electron chi connectivity index (χ1n) is 13.3. The third-order valence-electron chi connectivity index (χ3n) is 7.35. The van der Waals surface area contributed by atoms with Gasteiger partial charge in [-0.1, -0.05) is 36.4 Å². The Labute approximate surface area is 229 Å². The fourth-order valence-corrected chi connectivity index (χ4v) is 5.38. The van der Waals surface area contributed by atoms with Crippen LogP contribution in [-0.2, 0) is 33.8 Å². The summed E-state index contributed by atoms with van der Waals surface area (Å²) in [6.07, 6.45) is 0.800. The number of rotatable bonds is 8. The highest BCUT2D eigenvalue weighted by Gasteiger charge is 2.34. The molecule has 5 rings (SSSR count). The van der Waals surface area contributed by atoms with Crippen LogP contribution in [0.4, 0.5) is 5.69 Å². The maximum atomic E-state index is 11.6. The summed E-state index contributed by atoms with van der Waals surface area (Å²) in [7, 11) is 3.33. The van der Waals surface area contributed by atoms with Gasteiger partial charge in [0.25, 0.3) is 0 Å². The van der Waals surface area contributed by atoms with Crippen LogP contribution in [0.2, 0.25) is 0 Å². The molecule has 0 saturated carbocycles. The van der Waals surface area contributed by atoms with Crippen LogP contribution in [-0.4, -0.2) is 49.3 Å². The second-order valence-corrected chi connectivity index (χ2v) is 10.1. The minimum Gasteiger partial charge on any atom is -0.493 e. The number of aliphatic hydroxyl groups is 1. The topological polar surface area (TPSA) is 89.5 Å². The smallest absolute Gasteiger partial charge is 0.221 e. The zero-order valence-electron chi connectivity index (χ0n) is 22.7. The van der Waals surface area contributed by atoms with E-state index in [0.29, 0.717) is 12.1 Å². The molecule has 2 aliphatic rings. The molecule has 39 heavy (non-hydrogen) atoms. The molecule has 0 aliphatic carbocycles. The highest BCUT2D eigenvalue weighted by molar-refractivity contribution is 5.88. The van der Waals surface area contributed by atoms with Crippen LogP contribution in [0.25, 0.3) is 0 Å². The van der Waals surface area contributed by atoms with Gasteiger partial charge in [-0.15, -0.1) is 0 Å². The van der Waals surface area contributed by atoms with Crippen molar-refractivity contribution in [2.75, 3.05) is 32.6 Å². The highest BCUT2D eigenvalue weighted by atomic mass is 16.7. The van der Waals surface area contributed by atoms with Gasteiger partial charge in [-0.2, -0.15) is 0 Å². The molecule has 1 saturated heterocycles. The molecule has 2 heterocycles. The van der Waals surface area contributed by atoms with E-state index in [1.165, 1.54) is 18.1 Å². The molecule has 3 aromatic carbocycles. The van der Waals surface area contributed by atoms with Crippen LogP contribution in [0.5, 0.6) is 11.5 Å². The molecule has 2 N–H and O–H groups in total. The van der Waals surface area contributed by atoms with Crippen LogP contribution in [0.15, 0.2) is 60.7 Å². The van der Waals surface area contributed by atoms with Gasteiger partial charge in [0.1, 0.15) is 0 Å². The fourth-order valence-electron chi connectivity index (χ4n) is 5.38. The highest BCUT2D eigenvalue weighted by Crippen LogP contribution is 2.39. The van der Waals surface area contributed by atoms with Crippen LogP contribution >= 0.6 is 0 Å². The summed E-state index contributed by atoms with van der Waals surface area (Å²) in [5.74, 6) is 1.37. The zero-order valence-corrected chi connectivity index (χ0v) is 22.7. The van der Waals surface area contributed by atoms with Crippen LogP contribution in [0.1, 0.15) is 53.6 Å². The Kier molecular flexibility index (Phi) is 8.47. The number of amides is 1. The fraction of sp³-hybridized carbons (Fsp3) is 0.387. The van der Waals surface area contributed by atoms with Crippen LogP contribution < -0.4 is 14.8 Å². The number of carbonyl (C=O) groups excluding carboxylic acids is 1. The number of methoxy groups -OCH3 is 2. The summed E-state index contributed by atoms with van der Waals surface area (Å²) < 4.78 is 24.0. The number of hydrogen-bond acceptors (Lipinski definition) is 7. The van der Waals surface area contributed by atoms with E-state index in [2.05, 4.69) is 22.3 Å². The van der Waals surface area contributed by atoms with Crippen LogP contribution in [0, 0.1) is 0 Å². The SMILES string of the molecule is COc1cc2c(cc1OC)CN(C[C@@H]1C[C@H](c3ccc(CO)cc3)O[C@H](c3cccc(NC(C)=O)c3)O1)CC2. The lowest BCUT2D eigenvalue weighted by Gasteiger charge is -2.39. The van der Waals surface area contributed by atoms with Gasteiger partial charge in [-0.25, -0.2) is 0 Å². The normalized spacial score (nSPS) is 21.2. The number of nitrogens with zero attached hydrogens (tertiary/aromatic N) is 1. The molecule has 0 spiro atoms. The Morgan fingerprint density at radius 1 is 1.00 bits per heavy atom. The largest absolute Gasteiger partial charge is 0.493 e. The standard InChI is InChI=1S/C31H36N2O6/c1-20(35)32-26-6-4-5-24(13-26)31-38-27(16-28(39-31)22-9-7-21(19-34)8-10-22)18-33-12-11-23-14-29(36-2)30(37-3)15-25(23)17-33/h4-10,13-15,27-28,31,34H,11-12,16-19H2,1-3H3,(H,32,35)/t27-,28+,31+/m0/s1. The van der Waals surface area contributed by atoms with E-state index in [-0.39, 0.29) is 24.7 Å². The molecule has 8 heteroatoms. The van der Waals surface area contributed by atoms with Gasteiger partial charge >= 0.3 is 0 Å². The number of carbonyl (C=O) groups is 1. The van der Waals surface area contributed by atoms with Crippen molar-refractivity contribution in [3.05, 3.63) is 88.5 Å². The average Bonchev–Trinajstić information content (AvgIpc) is 2.96. The number of hydrogen-bond donors (Lipinski definition) is 2. The van der Waals surface area contributed by atoms with Crippen molar-refractivity contribution in [2.45, 2.75) is 51.4 Å². The molecule has 1 fully saturated rings. The van der Waals surface area contributed by atoms with Gasteiger partial charge in [0.15, 0.2) is 17.8 Å².